The van der Waals surface area contributed by atoms with Crippen LogP contribution in [0.15, 0.2) is 40.9 Å². The van der Waals surface area contributed by atoms with Gasteiger partial charge >= 0.3 is 0 Å². The van der Waals surface area contributed by atoms with Crippen LogP contribution in [0.1, 0.15) is 41.5 Å². The number of aryl methyl sites for hydroxylation is 2. The van der Waals surface area contributed by atoms with Gasteiger partial charge in [0.25, 0.3) is 0 Å². The topological polar surface area (TPSA) is 0 Å². The molecular formula is C18H20BrCl. The van der Waals surface area contributed by atoms with Gasteiger partial charge < -0.3 is 0 Å². The second kappa shape index (κ2) is 6.78. The zero-order valence-corrected chi connectivity index (χ0v) is 14.6. The molecule has 0 unspecified atom stereocenters. The molecule has 20 heavy (non-hydrogen) atoms. The van der Waals surface area contributed by atoms with Gasteiger partial charge in [-0.3, -0.25) is 0 Å². The molecule has 0 aliphatic heterocycles. The van der Waals surface area contributed by atoms with E-state index in [4.69, 9.17) is 11.6 Å². The average molecular weight is 352 g/mol. The molecule has 0 spiro atoms. The highest BCUT2D eigenvalue weighted by Gasteiger charge is 2.13. The maximum atomic E-state index is 6.27. The molecule has 1 atom stereocenters. The van der Waals surface area contributed by atoms with E-state index >= 15 is 0 Å². The lowest BCUT2D eigenvalue weighted by Crippen LogP contribution is -2.03. The Morgan fingerprint density at radius 1 is 1.10 bits per heavy atom. The van der Waals surface area contributed by atoms with Crippen molar-refractivity contribution in [2.24, 2.45) is 0 Å². The van der Waals surface area contributed by atoms with Crippen LogP contribution in [0.3, 0.4) is 0 Å². The molecule has 2 heteroatoms. The van der Waals surface area contributed by atoms with E-state index in [1.807, 2.05) is 0 Å². The van der Waals surface area contributed by atoms with E-state index in [0.717, 1.165) is 22.3 Å². The SMILES string of the molecule is CC[C@@H](Cc1cccc(Br)c1)c1cc(C)c(Cl)c(C)c1. The summed E-state index contributed by atoms with van der Waals surface area (Å²) in [6.45, 7) is 6.43. The Kier molecular flexibility index (Phi) is 5.29. The molecule has 0 amide bonds. The number of halogens is 2. The monoisotopic (exact) mass is 350 g/mol. The number of hydrogen-bond acceptors (Lipinski definition) is 0. The maximum Gasteiger partial charge on any atom is 0.0464 e. The fraction of sp³-hybridized carbons (Fsp3) is 0.333. The zero-order chi connectivity index (χ0) is 14.7. The average Bonchev–Trinajstić information content (AvgIpc) is 2.41. The second-order valence-electron chi connectivity index (χ2n) is 5.41. The van der Waals surface area contributed by atoms with E-state index in [9.17, 15) is 0 Å². The highest BCUT2D eigenvalue weighted by atomic mass is 79.9. The summed E-state index contributed by atoms with van der Waals surface area (Å²) in [4.78, 5) is 0. The summed E-state index contributed by atoms with van der Waals surface area (Å²) in [5.41, 5.74) is 5.12. The zero-order valence-electron chi connectivity index (χ0n) is 12.2. The molecule has 2 aromatic rings. The van der Waals surface area contributed by atoms with Gasteiger partial charge in [0.15, 0.2) is 0 Å². The summed E-state index contributed by atoms with van der Waals surface area (Å²) < 4.78 is 1.15. The third-order valence-electron chi connectivity index (χ3n) is 3.79. The first-order chi connectivity index (χ1) is 9.51. The molecular weight excluding hydrogens is 332 g/mol. The van der Waals surface area contributed by atoms with Crippen molar-refractivity contribution >= 4 is 27.5 Å². The molecule has 0 heterocycles. The molecule has 0 saturated carbocycles. The molecule has 0 aromatic heterocycles. The Bertz CT molecular complexity index is 581. The molecule has 0 fully saturated rings. The molecule has 0 saturated heterocycles. The quantitative estimate of drug-likeness (QED) is 0.593. The van der Waals surface area contributed by atoms with E-state index in [2.05, 4.69) is 73.1 Å². The van der Waals surface area contributed by atoms with E-state index in [-0.39, 0.29) is 0 Å². The van der Waals surface area contributed by atoms with Crippen molar-refractivity contribution in [3.05, 3.63) is 68.1 Å². The fourth-order valence-corrected chi connectivity index (χ4v) is 3.22. The van der Waals surface area contributed by atoms with Gasteiger partial charge in [-0.1, -0.05) is 58.7 Å². The van der Waals surface area contributed by atoms with Gasteiger partial charge in [-0.15, -0.1) is 0 Å². The Morgan fingerprint density at radius 2 is 1.75 bits per heavy atom. The van der Waals surface area contributed by atoms with Crippen LogP contribution in [0.4, 0.5) is 0 Å². The van der Waals surface area contributed by atoms with Gasteiger partial charge in [-0.05, 0) is 67.0 Å². The first kappa shape index (κ1) is 15.6. The van der Waals surface area contributed by atoms with Gasteiger partial charge in [0.1, 0.15) is 0 Å². The van der Waals surface area contributed by atoms with Gasteiger partial charge in [-0.2, -0.15) is 0 Å². The second-order valence-corrected chi connectivity index (χ2v) is 6.70. The van der Waals surface area contributed by atoms with Crippen LogP contribution in [0.5, 0.6) is 0 Å². The number of hydrogen-bond donors (Lipinski definition) is 0. The van der Waals surface area contributed by atoms with E-state index in [0.29, 0.717) is 5.92 Å². The minimum atomic E-state index is 0.541. The third-order valence-corrected chi connectivity index (χ3v) is 4.88. The van der Waals surface area contributed by atoms with E-state index in [1.54, 1.807) is 0 Å². The lowest BCUT2D eigenvalue weighted by atomic mass is 9.88. The van der Waals surface area contributed by atoms with Gasteiger partial charge in [0.05, 0.1) is 0 Å². The molecule has 0 radical (unpaired) electrons. The van der Waals surface area contributed by atoms with E-state index < -0.39 is 0 Å². The minimum absolute atomic E-state index is 0.541. The fourth-order valence-electron chi connectivity index (χ4n) is 2.66. The van der Waals surface area contributed by atoms with Gasteiger partial charge in [0.2, 0.25) is 0 Å². The Hall–Kier alpha value is -0.790. The number of benzene rings is 2. The molecule has 0 aliphatic carbocycles. The van der Waals surface area contributed by atoms with Crippen LogP contribution in [0.25, 0.3) is 0 Å². The largest absolute Gasteiger partial charge is 0.0838 e. The summed E-state index contributed by atoms with van der Waals surface area (Å²) in [6.07, 6.45) is 2.20. The highest BCUT2D eigenvalue weighted by Crippen LogP contribution is 2.30. The van der Waals surface area contributed by atoms with Crippen molar-refractivity contribution in [2.45, 2.75) is 39.5 Å². The molecule has 2 aromatic carbocycles. The summed E-state index contributed by atoms with van der Waals surface area (Å²) in [7, 11) is 0. The third kappa shape index (κ3) is 3.65. The first-order valence-corrected chi connectivity index (χ1v) is 8.19. The van der Waals surface area contributed by atoms with Crippen molar-refractivity contribution in [2.75, 3.05) is 0 Å². The smallest absolute Gasteiger partial charge is 0.0464 e. The molecule has 0 N–H and O–H groups in total. The van der Waals surface area contributed by atoms with Crippen LogP contribution in [-0.4, -0.2) is 0 Å². The summed E-state index contributed by atoms with van der Waals surface area (Å²) in [6, 6.07) is 13.1. The van der Waals surface area contributed by atoms with Crippen LogP contribution < -0.4 is 0 Å². The Morgan fingerprint density at radius 3 is 2.30 bits per heavy atom. The van der Waals surface area contributed by atoms with Crippen molar-refractivity contribution in [1.29, 1.82) is 0 Å². The van der Waals surface area contributed by atoms with Crippen LogP contribution in [0, 0.1) is 13.8 Å². The predicted octanol–water partition coefficient (Wildman–Crippen LogP) is 6.46. The van der Waals surface area contributed by atoms with Gasteiger partial charge in [-0.25, -0.2) is 0 Å². The summed E-state index contributed by atoms with van der Waals surface area (Å²) in [5.74, 6) is 0.541. The summed E-state index contributed by atoms with van der Waals surface area (Å²) in [5, 5.41) is 0.894. The highest BCUT2D eigenvalue weighted by molar-refractivity contribution is 9.10. The first-order valence-electron chi connectivity index (χ1n) is 7.02. The van der Waals surface area contributed by atoms with Crippen molar-refractivity contribution in [3.8, 4) is 0 Å². The lowest BCUT2D eigenvalue weighted by molar-refractivity contribution is 0.659. The van der Waals surface area contributed by atoms with Crippen LogP contribution >= 0.6 is 27.5 Å². The van der Waals surface area contributed by atoms with Crippen LogP contribution in [0.2, 0.25) is 5.02 Å². The predicted molar refractivity (Wildman–Crippen MR) is 91.8 cm³/mol. The maximum absolute atomic E-state index is 6.27. The van der Waals surface area contributed by atoms with Crippen molar-refractivity contribution in [3.63, 3.8) is 0 Å². The van der Waals surface area contributed by atoms with Crippen LogP contribution in [-0.2, 0) is 6.42 Å². The Labute approximate surface area is 135 Å². The minimum Gasteiger partial charge on any atom is -0.0838 e. The normalized spacial score (nSPS) is 12.4. The molecule has 0 nitrogen and oxygen atoms in total. The summed E-state index contributed by atoms with van der Waals surface area (Å²) >= 11 is 9.82. The molecule has 0 bridgehead atoms. The molecule has 0 aliphatic rings. The lowest BCUT2D eigenvalue weighted by Gasteiger charge is -2.18. The standard InChI is InChI=1S/C18H20BrCl/c1-4-15(10-14-6-5-7-17(19)11-14)16-8-12(2)18(20)13(3)9-16/h5-9,11,15H,4,10H2,1-3H3/t15-/m0/s1. The Balaban J connectivity index is 2.29. The van der Waals surface area contributed by atoms with Gasteiger partial charge in [0, 0.05) is 9.50 Å². The molecule has 2 rings (SSSR count). The van der Waals surface area contributed by atoms with Crippen molar-refractivity contribution in [1.82, 2.24) is 0 Å². The number of rotatable bonds is 4. The molecule has 106 valence electrons. The van der Waals surface area contributed by atoms with Crippen molar-refractivity contribution < 1.29 is 0 Å². The van der Waals surface area contributed by atoms with E-state index in [1.165, 1.54) is 22.3 Å².